The molecule has 4 rings (SSSR count). The quantitative estimate of drug-likeness (QED) is 0.920. The predicted octanol–water partition coefficient (Wildman–Crippen LogP) is 2.57. The second-order valence-corrected chi connectivity index (χ2v) is 6.10. The SMILES string of the molecule is Nc1cc(CN2CCOC3CCCC32)nc2ccccc12. The Labute approximate surface area is 124 Å². The first-order chi connectivity index (χ1) is 10.3. The van der Waals surface area contributed by atoms with Crippen LogP contribution in [0.15, 0.2) is 30.3 Å². The van der Waals surface area contributed by atoms with Gasteiger partial charge in [-0.25, -0.2) is 0 Å². The van der Waals surface area contributed by atoms with Crippen molar-refractivity contribution >= 4 is 16.6 Å². The standard InChI is InChI=1S/C17H21N3O/c18-14-10-12(19-15-5-2-1-4-13(14)15)11-20-8-9-21-17-7-3-6-16(17)20/h1-2,4-5,10,16-17H,3,6-9,11H2,(H2,18,19). The topological polar surface area (TPSA) is 51.4 Å². The number of ether oxygens (including phenoxy) is 1. The minimum atomic E-state index is 0.427. The molecule has 1 aliphatic heterocycles. The van der Waals surface area contributed by atoms with E-state index in [-0.39, 0.29) is 0 Å². The first kappa shape index (κ1) is 13.0. The van der Waals surface area contributed by atoms with Gasteiger partial charge in [-0.2, -0.15) is 0 Å². The molecule has 0 bridgehead atoms. The predicted molar refractivity (Wildman–Crippen MR) is 83.9 cm³/mol. The third-order valence-electron chi connectivity index (χ3n) is 4.76. The van der Waals surface area contributed by atoms with Crippen LogP contribution in [0.5, 0.6) is 0 Å². The van der Waals surface area contributed by atoms with Gasteiger partial charge in [0.25, 0.3) is 0 Å². The van der Waals surface area contributed by atoms with Crippen molar-refractivity contribution in [2.75, 3.05) is 18.9 Å². The van der Waals surface area contributed by atoms with E-state index in [4.69, 9.17) is 15.5 Å². The highest BCUT2D eigenvalue weighted by Crippen LogP contribution is 2.31. The molecule has 2 N–H and O–H groups in total. The third-order valence-corrected chi connectivity index (χ3v) is 4.76. The van der Waals surface area contributed by atoms with Crippen LogP contribution in [0.4, 0.5) is 5.69 Å². The Hall–Kier alpha value is -1.65. The summed E-state index contributed by atoms with van der Waals surface area (Å²) in [4.78, 5) is 7.31. The number of nitrogen functional groups attached to an aromatic ring is 1. The minimum absolute atomic E-state index is 0.427. The monoisotopic (exact) mass is 283 g/mol. The summed E-state index contributed by atoms with van der Waals surface area (Å²) in [7, 11) is 0. The lowest BCUT2D eigenvalue weighted by Gasteiger charge is -2.37. The van der Waals surface area contributed by atoms with Crippen LogP contribution in [0.3, 0.4) is 0 Å². The molecule has 21 heavy (non-hydrogen) atoms. The van der Waals surface area contributed by atoms with Crippen LogP contribution in [0.2, 0.25) is 0 Å². The Balaban J connectivity index is 1.62. The second-order valence-electron chi connectivity index (χ2n) is 6.10. The van der Waals surface area contributed by atoms with Crippen LogP contribution in [0.1, 0.15) is 25.0 Å². The first-order valence-electron chi connectivity index (χ1n) is 7.81. The Bertz CT molecular complexity index is 658. The molecule has 1 aromatic heterocycles. The average Bonchev–Trinajstić information content (AvgIpc) is 2.97. The molecule has 2 aromatic rings. The number of hydrogen-bond donors (Lipinski definition) is 1. The highest BCUT2D eigenvalue weighted by Gasteiger charge is 2.35. The van der Waals surface area contributed by atoms with Crippen molar-refractivity contribution < 1.29 is 4.74 Å². The largest absolute Gasteiger partial charge is 0.398 e. The summed E-state index contributed by atoms with van der Waals surface area (Å²) in [6.07, 6.45) is 4.15. The average molecular weight is 283 g/mol. The van der Waals surface area contributed by atoms with Crippen LogP contribution < -0.4 is 5.73 Å². The van der Waals surface area contributed by atoms with E-state index in [9.17, 15) is 0 Å². The molecule has 0 amide bonds. The van der Waals surface area contributed by atoms with E-state index >= 15 is 0 Å². The van der Waals surface area contributed by atoms with Gasteiger partial charge in [0, 0.05) is 30.2 Å². The summed E-state index contributed by atoms with van der Waals surface area (Å²) in [5.74, 6) is 0. The molecule has 2 unspecified atom stereocenters. The Kier molecular flexibility index (Phi) is 3.28. The van der Waals surface area contributed by atoms with Crippen molar-refractivity contribution in [1.82, 2.24) is 9.88 Å². The van der Waals surface area contributed by atoms with E-state index in [1.165, 1.54) is 19.3 Å². The summed E-state index contributed by atoms with van der Waals surface area (Å²) in [5, 5.41) is 1.04. The summed E-state index contributed by atoms with van der Waals surface area (Å²) in [5.41, 5.74) is 9.07. The van der Waals surface area contributed by atoms with E-state index in [2.05, 4.69) is 4.90 Å². The van der Waals surface area contributed by atoms with Crippen LogP contribution in [0.25, 0.3) is 10.9 Å². The van der Waals surface area contributed by atoms with Crippen molar-refractivity contribution in [3.63, 3.8) is 0 Å². The molecule has 2 fully saturated rings. The molecule has 2 heterocycles. The maximum absolute atomic E-state index is 6.19. The number of anilines is 1. The number of pyridine rings is 1. The molecule has 1 aliphatic carbocycles. The molecule has 2 aliphatic rings. The Morgan fingerprint density at radius 3 is 3.14 bits per heavy atom. The molecule has 1 saturated carbocycles. The molecule has 4 nitrogen and oxygen atoms in total. The summed E-state index contributed by atoms with van der Waals surface area (Å²) < 4.78 is 5.88. The van der Waals surface area contributed by atoms with Crippen molar-refractivity contribution in [2.45, 2.75) is 38.0 Å². The molecular formula is C17H21N3O. The van der Waals surface area contributed by atoms with E-state index in [1.54, 1.807) is 0 Å². The van der Waals surface area contributed by atoms with Gasteiger partial charge in [-0.1, -0.05) is 18.2 Å². The zero-order valence-electron chi connectivity index (χ0n) is 12.2. The Morgan fingerprint density at radius 1 is 1.29 bits per heavy atom. The highest BCUT2D eigenvalue weighted by molar-refractivity contribution is 5.90. The molecular weight excluding hydrogens is 262 g/mol. The fourth-order valence-electron chi connectivity index (χ4n) is 3.75. The van der Waals surface area contributed by atoms with Gasteiger partial charge in [-0.15, -0.1) is 0 Å². The lowest BCUT2D eigenvalue weighted by atomic mass is 10.1. The van der Waals surface area contributed by atoms with Crippen molar-refractivity contribution in [3.8, 4) is 0 Å². The lowest BCUT2D eigenvalue weighted by molar-refractivity contribution is -0.0591. The maximum Gasteiger partial charge on any atom is 0.0731 e. The normalized spacial score (nSPS) is 26.1. The van der Waals surface area contributed by atoms with Gasteiger partial charge in [0.2, 0.25) is 0 Å². The fourth-order valence-corrected chi connectivity index (χ4v) is 3.75. The van der Waals surface area contributed by atoms with Crippen LogP contribution in [-0.2, 0) is 11.3 Å². The van der Waals surface area contributed by atoms with Gasteiger partial charge in [0.15, 0.2) is 0 Å². The number of nitrogens with two attached hydrogens (primary N) is 1. The lowest BCUT2D eigenvalue weighted by Crippen LogP contribution is -2.47. The van der Waals surface area contributed by atoms with Gasteiger partial charge >= 0.3 is 0 Å². The minimum Gasteiger partial charge on any atom is -0.398 e. The van der Waals surface area contributed by atoms with Crippen LogP contribution >= 0.6 is 0 Å². The van der Waals surface area contributed by atoms with Crippen LogP contribution in [-0.4, -0.2) is 35.2 Å². The molecule has 0 spiro atoms. The summed E-state index contributed by atoms with van der Waals surface area (Å²) in [6.45, 7) is 2.71. The van der Waals surface area contributed by atoms with Gasteiger partial charge in [-0.3, -0.25) is 9.88 Å². The molecule has 2 atom stereocenters. The number of aromatic nitrogens is 1. The number of morpholine rings is 1. The van der Waals surface area contributed by atoms with E-state index in [1.807, 2.05) is 30.3 Å². The summed E-state index contributed by atoms with van der Waals surface area (Å²) in [6, 6.07) is 10.7. The first-order valence-corrected chi connectivity index (χ1v) is 7.81. The number of para-hydroxylation sites is 1. The molecule has 4 heteroatoms. The number of rotatable bonds is 2. The Morgan fingerprint density at radius 2 is 2.19 bits per heavy atom. The van der Waals surface area contributed by atoms with E-state index in [0.717, 1.165) is 42.0 Å². The molecule has 0 radical (unpaired) electrons. The van der Waals surface area contributed by atoms with Gasteiger partial charge < -0.3 is 10.5 Å². The number of benzene rings is 1. The van der Waals surface area contributed by atoms with Gasteiger partial charge in [-0.05, 0) is 31.4 Å². The molecule has 110 valence electrons. The molecule has 1 aromatic carbocycles. The van der Waals surface area contributed by atoms with E-state index in [0.29, 0.717) is 12.1 Å². The third kappa shape index (κ3) is 2.39. The zero-order chi connectivity index (χ0) is 14.2. The molecule has 1 saturated heterocycles. The van der Waals surface area contributed by atoms with Crippen molar-refractivity contribution in [3.05, 3.63) is 36.0 Å². The van der Waals surface area contributed by atoms with Crippen LogP contribution in [0, 0.1) is 0 Å². The fraction of sp³-hybridized carbons (Fsp3) is 0.471. The van der Waals surface area contributed by atoms with Crippen molar-refractivity contribution in [2.24, 2.45) is 0 Å². The van der Waals surface area contributed by atoms with Crippen molar-refractivity contribution in [1.29, 1.82) is 0 Å². The maximum atomic E-state index is 6.19. The van der Waals surface area contributed by atoms with Gasteiger partial charge in [0.05, 0.1) is 23.9 Å². The number of nitrogens with zero attached hydrogens (tertiary/aromatic N) is 2. The van der Waals surface area contributed by atoms with Gasteiger partial charge in [0.1, 0.15) is 0 Å². The smallest absolute Gasteiger partial charge is 0.0731 e. The number of fused-ring (bicyclic) bond motifs is 2. The van der Waals surface area contributed by atoms with E-state index < -0.39 is 0 Å². The highest BCUT2D eigenvalue weighted by atomic mass is 16.5. The summed E-state index contributed by atoms with van der Waals surface area (Å²) >= 11 is 0. The number of hydrogen-bond acceptors (Lipinski definition) is 4. The zero-order valence-corrected chi connectivity index (χ0v) is 12.2. The second kappa shape index (κ2) is 5.28.